The number of nitrogens with two attached hydrogens (primary N) is 1. The molecule has 2 N–H and O–H groups in total. The van der Waals surface area contributed by atoms with E-state index in [1.165, 1.54) is 0 Å². The summed E-state index contributed by atoms with van der Waals surface area (Å²) in [5.41, 5.74) is 6.95. The zero-order valence-corrected chi connectivity index (χ0v) is 11.3. The molecule has 0 aliphatic carbocycles. The Morgan fingerprint density at radius 1 is 1.37 bits per heavy atom. The van der Waals surface area contributed by atoms with Crippen LogP contribution in [0.25, 0.3) is 0 Å². The van der Waals surface area contributed by atoms with Crippen molar-refractivity contribution in [2.24, 2.45) is 0 Å². The molecule has 100 valence electrons. The van der Waals surface area contributed by atoms with E-state index in [-0.39, 0.29) is 17.5 Å². The number of benzene rings is 1. The lowest BCUT2D eigenvalue weighted by Crippen LogP contribution is -2.23. The molecule has 5 heteroatoms. The van der Waals surface area contributed by atoms with Gasteiger partial charge in [0.2, 0.25) is 0 Å². The Bertz CT molecular complexity index is 647. The Labute approximate surface area is 111 Å². The van der Waals surface area contributed by atoms with Gasteiger partial charge in [0.1, 0.15) is 5.75 Å². The topological polar surface area (TPSA) is 70.1 Å². The second-order valence-electron chi connectivity index (χ2n) is 4.67. The molecule has 0 spiro atoms. The monoisotopic (exact) mass is 259 g/mol. The third kappa shape index (κ3) is 2.76. The quantitative estimate of drug-likeness (QED) is 0.860. The molecule has 0 aliphatic heterocycles. The van der Waals surface area contributed by atoms with Crippen LogP contribution < -0.4 is 16.0 Å². The zero-order valence-electron chi connectivity index (χ0n) is 11.3. The van der Waals surface area contributed by atoms with Crippen LogP contribution in [0.5, 0.6) is 11.6 Å². The SMILES string of the molecule is Cc1ccc(N)cc1Oc1nccn(C(C)C)c1=O. The predicted octanol–water partition coefficient (Wildman–Crippen LogP) is 2.51. The highest BCUT2D eigenvalue weighted by Crippen LogP contribution is 2.24. The predicted molar refractivity (Wildman–Crippen MR) is 74.5 cm³/mol. The average Bonchev–Trinajstić information content (AvgIpc) is 2.36. The molecule has 0 saturated heterocycles. The highest BCUT2D eigenvalue weighted by Gasteiger charge is 2.10. The Hall–Kier alpha value is -2.30. The molecule has 0 amide bonds. The maximum Gasteiger partial charge on any atom is 0.313 e. The van der Waals surface area contributed by atoms with Crippen molar-refractivity contribution in [3.05, 3.63) is 46.5 Å². The molecule has 0 fully saturated rings. The first-order chi connectivity index (χ1) is 8.99. The molecule has 5 nitrogen and oxygen atoms in total. The number of hydrogen-bond acceptors (Lipinski definition) is 4. The summed E-state index contributed by atoms with van der Waals surface area (Å²) in [6.07, 6.45) is 3.20. The van der Waals surface area contributed by atoms with Crippen LogP contribution in [0.15, 0.2) is 35.4 Å². The van der Waals surface area contributed by atoms with E-state index in [1.807, 2.05) is 26.8 Å². The van der Waals surface area contributed by atoms with Crippen LogP contribution in [-0.4, -0.2) is 9.55 Å². The lowest BCUT2D eigenvalue weighted by Gasteiger charge is -2.12. The standard InChI is InChI=1S/C14H17N3O2/c1-9(2)17-7-6-16-13(14(17)18)19-12-8-11(15)5-4-10(12)3/h4-9H,15H2,1-3H3. The number of nitrogen functional groups attached to an aromatic ring is 1. The number of anilines is 1. The van der Waals surface area contributed by atoms with E-state index in [9.17, 15) is 4.79 Å². The van der Waals surface area contributed by atoms with Gasteiger partial charge in [0.15, 0.2) is 0 Å². The minimum Gasteiger partial charge on any atom is -0.434 e. The van der Waals surface area contributed by atoms with Gasteiger partial charge in [0.25, 0.3) is 5.88 Å². The van der Waals surface area contributed by atoms with E-state index in [2.05, 4.69) is 4.98 Å². The molecule has 0 saturated carbocycles. The van der Waals surface area contributed by atoms with Gasteiger partial charge < -0.3 is 15.0 Å². The maximum atomic E-state index is 12.2. The third-order valence-corrected chi connectivity index (χ3v) is 2.81. The fraction of sp³-hybridized carbons (Fsp3) is 0.286. The fourth-order valence-electron chi connectivity index (χ4n) is 1.71. The second kappa shape index (κ2) is 5.14. The first kappa shape index (κ1) is 13.1. The molecule has 2 rings (SSSR count). The van der Waals surface area contributed by atoms with Crippen molar-refractivity contribution in [3.8, 4) is 11.6 Å². The minimum atomic E-state index is -0.251. The molecule has 0 bridgehead atoms. The summed E-state index contributed by atoms with van der Waals surface area (Å²) in [7, 11) is 0. The molecule has 0 atom stereocenters. The molecule has 0 radical (unpaired) electrons. The summed E-state index contributed by atoms with van der Waals surface area (Å²) < 4.78 is 7.16. The molecule has 1 aromatic heterocycles. The van der Waals surface area contributed by atoms with Gasteiger partial charge in [0.05, 0.1) is 0 Å². The Balaban J connectivity index is 2.42. The molecular formula is C14H17N3O2. The first-order valence-electron chi connectivity index (χ1n) is 6.10. The van der Waals surface area contributed by atoms with Crippen molar-refractivity contribution < 1.29 is 4.74 Å². The number of aromatic nitrogens is 2. The zero-order chi connectivity index (χ0) is 14.0. The largest absolute Gasteiger partial charge is 0.434 e. The highest BCUT2D eigenvalue weighted by molar-refractivity contribution is 5.48. The van der Waals surface area contributed by atoms with Gasteiger partial charge in [-0.3, -0.25) is 4.79 Å². The van der Waals surface area contributed by atoms with E-state index in [4.69, 9.17) is 10.5 Å². The number of rotatable bonds is 3. The number of aryl methyl sites for hydroxylation is 1. The van der Waals surface area contributed by atoms with E-state index < -0.39 is 0 Å². The fourth-order valence-corrected chi connectivity index (χ4v) is 1.71. The van der Waals surface area contributed by atoms with Gasteiger partial charge in [-0.25, -0.2) is 4.98 Å². The number of nitrogens with zero attached hydrogens (tertiary/aromatic N) is 2. The third-order valence-electron chi connectivity index (χ3n) is 2.81. The van der Waals surface area contributed by atoms with Crippen LogP contribution in [0.2, 0.25) is 0 Å². The summed E-state index contributed by atoms with van der Waals surface area (Å²) in [6, 6.07) is 5.37. The van der Waals surface area contributed by atoms with Crippen LogP contribution >= 0.6 is 0 Å². The van der Waals surface area contributed by atoms with Crippen molar-refractivity contribution >= 4 is 5.69 Å². The Morgan fingerprint density at radius 2 is 2.11 bits per heavy atom. The van der Waals surface area contributed by atoms with E-state index in [0.717, 1.165) is 5.56 Å². The lowest BCUT2D eigenvalue weighted by molar-refractivity contribution is 0.434. The van der Waals surface area contributed by atoms with E-state index >= 15 is 0 Å². The van der Waals surface area contributed by atoms with Crippen molar-refractivity contribution in [1.82, 2.24) is 9.55 Å². The van der Waals surface area contributed by atoms with E-state index in [0.29, 0.717) is 11.4 Å². The Kier molecular flexibility index (Phi) is 3.55. The van der Waals surface area contributed by atoms with Crippen LogP contribution in [-0.2, 0) is 0 Å². The minimum absolute atomic E-state index is 0.0554. The molecule has 1 heterocycles. The second-order valence-corrected chi connectivity index (χ2v) is 4.67. The molecule has 0 unspecified atom stereocenters. The lowest BCUT2D eigenvalue weighted by atomic mass is 10.2. The van der Waals surface area contributed by atoms with Gasteiger partial charge in [0, 0.05) is 30.2 Å². The van der Waals surface area contributed by atoms with Gasteiger partial charge in [-0.05, 0) is 32.4 Å². The molecular weight excluding hydrogens is 242 g/mol. The molecule has 19 heavy (non-hydrogen) atoms. The summed E-state index contributed by atoms with van der Waals surface area (Å²) in [4.78, 5) is 16.1. The van der Waals surface area contributed by atoms with Crippen LogP contribution in [0, 0.1) is 6.92 Å². The van der Waals surface area contributed by atoms with Gasteiger partial charge in [-0.15, -0.1) is 0 Å². The molecule has 0 aliphatic rings. The average molecular weight is 259 g/mol. The maximum absolute atomic E-state index is 12.2. The van der Waals surface area contributed by atoms with Crippen molar-refractivity contribution in [3.63, 3.8) is 0 Å². The van der Waals surface area contributed by atoms with Crippen molar-refractivity contribution in [2.75, 3.05) is 5.73 Å². The first-order valence-corrected chi connectivity index (χ1v) is 6.10. The van der Waals surface area contributed by atoms with Gasteiger partial charge in [-0.2, -0.15) is 0 Å². The summed E-state index contributed by atoms with van der Waals surface area (Å²) in [6.45, 7) is 5.74. The highest BCUT2D eigenvalue weighted by atomic mass is 16.5. The van der Waals surface area contributed by atoms with Crippen LogP contribution in [0.4, 0.5) is 5.69 Å². The van der Waals surface area contributed by atoms with Gasteiger partial charge in [-0.1, -0.05) is 6.07 Å². The Morgan fingerprint density at radius 3 is 2.79 bits per heavy atom. The summed E-state index contributed by atoms with van der Waals surface area (Å²) in [5.74, 6) is 0.607. The van der Waals surface area contributed by atoms with E-state index in [1.54, 1.807) is 29.1 Å². The molecule has 2 aromatic rings. The van der Waals surface area contributed by atoms with Crippen LogP contribution in [0.1, 0.15) is 25.5 Å². The summed E-state index contributed by atoms with van der Waals surface area (Å²) in [5, 5.41) is 0. The normalized spacial score (nSPS) is 10.7. The van der Waals surface area contributed by atoms with Crippen molar-refractivity contribution in [2.45, 2.75) is 26.8 Å². The smallest absolute Gasteiger partial charge is 0.313 e. The number of hydrogen-bond donors (Lipinski definition) is 1. The van der Waals surface area contributed by atoms with Crippen LogP contribution in [0.3, 0.4) is 0 Å². The number of ether oxygens (including phenoxy) is 1. The molecule has 1 aromatic carbocycles. The summed E-state index contributed by atoms with van der Waals surface area (Å²) >= 11 is 0. The van der Waals surface area contributed by atoms with Gasteiger partial charge >= 0.3 is 5.56 Å². The van der Waals surface area contributed by atoms with Crippen molar-refractivity contribution in [1.29, 1.82) is 0 Å².